The third-order valence-electron chi connectivity index (χ3n) is 4.29. The first-order valence-corrected chi connectivity index (χ1v) is 7.89. The summed E-state index contributed by atoms with van der Waals surface area (Å²) >= 11 is 0. The summed E-state index contributed by atoms with van der Waals surface area (Å²) in [5, 5.41) is 3.61. The smallest absolute Gasteiger partial charge is 0.252 e. The van der Waals surface area contributed by atoms with Crippen LogP contribution >= 0.6 is 0 Å². The van der Waals surface area contributed by atoms with Crippen LogP contribution in [0.15, 0.2) is 53.3 Å². The average molecular weight is 336 g/mol. The van der Waals surface area contributed by atoms with Crippen LogP contribution < -0.4 is 20.3 Å². The van der Waals surface area contributed by atoms with Gasteiger partial charge in [0.15, 0.2) is 11.5 Å². The van der Waals surface area contributed by atoms with Gasteiger partial charge in [-0.15, -0.1) is 0 Å². The van der Waals surface area contributed by atoms with Gasteiger partial charge in [-0.25, -0.2) is 0 Å². The maximum atomic E-state index is 12.6. The molecule has 1 amide bonds. The Bertz CT molecular complexity index is 1040. The molecule has 0 radical (unpaired) electrons. The van der Waals surface area contributed by atoms with Gasteiger partial charge in [0.05, 0.1) is 11.1 Å². The highest BCUT2D eigenvalue weighted by Crippen LogP contribution is 2.32. The lowest BCUT2D eigenvalue weighted by atomic mass is 10.1. The molecule has 0 fully saturated rings. The van der Waals surface area contributed by atoms with Crippen LogP contribution in [-0.4, -0.2) is 17.3 Å². The Morgan fingerprint density at radius 2 is 1.92 bits per heavy atom. The molecule has 0 saturated heterocycles. The Labute approximate surface area is 143 Å². The number of nitrogens with one attached hydrogen (secondary N) is 1. The number of benzene rings is 2. The summed E-state index contributed by atoms with van der Waals surface area (Å²) < 4.78 is 12.1. The van der Waals surface area contributed by atoms with Crippen molar-refractivity contribution in [3.8, 4) is 11.5 Å². The number of hydrogen-bond acceptors (Lipinski definition) is 4. The molecule has 6 nitrogen and oxygen atoms in total. The van der Waals surface area contributed by atoms with E-state index >= 15 is 0 Å². The van der Waals surface area contributed by atoms with Crippen LogP contribution in [0.2, 0.25) is 0 Å². The van der Waals surface area contributed by atoms with Crippen molar-refractivity contribution in [2.24, 2.45) is 7.05 Å². The standard InChI is InChI=1S/C19H16N2O4/c1-21-15-5-3-2-4-13(15)14(9-18(21)22)19(23)20-10-12-6-7-16-17(8-12)25-11-24-16/h2-9H,10-11H2,1H3,(H,20,23). The largest absolute Gasteiger partial charge is 0.454 e. The fraction of sp³-hybridized carbons (Fsp3) is 0.158. The van der Waals surface area contributed by atoms with Gasteiger partial charge in [0.1, 0.15) is 0 Å². The molecular weight excluding hydrogens is 320 g/mol. The number of fused-ring (bicyclic) bond motifs is 2. The van der Waals surface area contributed by atoms with Gasteiger partial charge in [0.2, 0.25) is 6.79 Å². The average Bonchev–Trinajstić information content (AvgIpc) is 3.10. The van der Waals surface area contributed by atoms with E-state index in [1.807, 2.05) is 42.5 Å². The Morgan fingerprint density at radius 3 is 2.80 bits per heavy atom. The Morgan fingerprint density at radius 1 is 1.12 bits per heavy atom. The maximum absolute atomic E-state index is 12.6. The minimum Gasteiger partial charge on any atom is -0.454 e. The van der Waals surface area contributed by atoms with Crippen LogP contribution in [0.3, 0.4) is 0 Å². The first kappa shape index (κ1) is 15.3. The zero-order valence-electron chi connectivity index (χ0n) is 13.6. The van der Waals surface area contributed by atoms with E-state index < -0.39 is 0 Å². The lowest BCUT2D eigenvalue weighted by Crippen LogP contribution is -2.26. The molecule has 0 aliphatic carbocycles. The van der Waals surface area contributed by atoms with E-state index in [0.29, 0.717) is 23.6 Å². The van der Waals surface area contributed by atoms with E-state index in [0.717, 1.165) is 16.5 Å². The number of aromatic nitrogens is 1. The fourth-order valence-corrected chi connectivity index (χ4v) is 2.93. The topological polar surface area (TPSA) is 69.6 Å². The van der Waals surface area contributed by atoms with Crippen LogP contribution in [0.1, 0.15) is 15.9 Å². The van der Waals surface area contributed by atoms with Crippen LogP contribution in [0.4, 0.5) is 0 Å². The van der Waals surface area contributed by atoms with E-state index in [1.165, 1.54) is 10.6 Å². The van der Waals surface area contributed by atoms with Gasteiger partial charge in [0.25, 0.3) is 11.5 Å². The molecule has 2 heterocycles. The highest BCUT2D eigenvalue weighted by molar-refractivity contribution is 6.06. The van der Waals surface area contributed by atoms with Crippen molar-refractivity contribution in [3.05, 3.63) is 70.0 Å². The van der Waals surface area contributed by atoms with Gasteiger partial charge in [0, 0.05) is 25.0 Å². The molecule has 0 saturated carbocycles. The van der Waals surface area contributed by atoms with Crippen LogP contribution in [0.5, 0.6) is 11.5 Å². The van der Waals surface area contributed by atoms with Crippen molar-refractivity contribution in [2.75, 3.05) is 6.79 Å². The maximum Gasteiger partial charge on any atom is 0.252 e. The van der Waals surface area contributed by atoms with Crippen molar-refractivity contribution in [2.45, 2.75) is 6.54 Å². The number of ether oxygens (including phenoxy) is 2. The zero-order valence-corrected chi connectivity index (χ0v) is 13.6. The summed E-state index contributed by atoms with van der Waals surface area (Å²) in [6.45, 7) is 0.545. The Balaban J connectivity index is 1.60. The first-order chi connectivity index (χ1) is 12.1. The van der Waals surface area contributed by atoms with Crippen LogP contribution in [0, 0.1) is 0 Å². The highest BCUT2D eigenvalue weighted by atomic mass is 16.7. The summed E-state index contributed by atoms with van der Waals surface area (Å²) in [6.07, 6.45) is 0. The summed E-state index contributed by atoms with van der Waals surface area (Å²) in [7, 11) is 1.69. The summed E-state index contributed by atoms with van der Waals surface area (Å²) in [4.78, 5) is 24.7. The second kappa shape index (κ2) is 5.98. The number of para-hydroxylation sites is 1. The fourth-order valence-electron chi connectivity index (χ4n) is 2.93. The number of amides is 1. The van der Waals surface area contributed by atoms with Crippen LogP contribution in [0.25, 0.3) is 10.9 Å². The lowest BCUT2D eigenvalue weighted by molar-refractivity contribution is 0.0952. The molecule has 1 aliphatic heterocycles. The third-order valence-corrected chi connectivity index (χ3v) is 4.29. The molecule has 0 spiro atoms. The molecule has 4 rings (SSSR count). The number of carbonyl (C=O) groups excluding carboxylic acids is 1. The summed E-state index contributed by atoms with van der Waals surface area (Å²) in [6, 6.07) is 14.3. The number of aryl methyl sites for hydroxylation is 1. The van der Waals surface area contributed by atoms with Gasteiger partial charge in [-0.1, -0.05) is 24.3 Å². The molecule has 6 heteroatoms. The monoisotopic (exact) mass is 336 g/mol. The predicted molar refractivity (Wildman–Crippen MR) is 92.9 cm³/mol. The van der Waals surface area contributed by atoms with Gasteiger partial charge in [-0.2, -0.15) is 0 Å². The molecule has 1 aromatic heterocycles. The zero-order chi connectivity index (χ0) is 17.4. The van der Waals surface area contributed by atoms with Gasteiger partial charge >= 0.3 is 0 Å². The van der Waals surface area contributed by atoms with Crippen molar-refractivity contribution in [1.82, 2.24) is 9.88 Å². The third kappa shape index (κ3) is 2.71. The molecule has 3 aromatic rings. The Hall–Kier alpha value is -3.28. The van der Waals surface area contributed by atoms with E-state index in [1.54, 1.807) is 7.05 Å². The minimum atomic E-state index is -0.286. The van der Waals surface area contributed by atoms with Gasteiger partial charge < -0.3 is 19.4 Å². The second-order valence-electron chi connectivity index (χ2n) is 5.84. The number of pyridine rings is 1. The first-order valence-electron chi connectivity index (χ1n) is 7.89. The molecule has 1 aliphatic rings. The SMILES string of the molecule is Cn1c(=O)cc(C(=O)NCc2ccc3c(c2)OCO3)c2ccccc21. The van der Waals surface area contributed by atoms with Crippen molar-refractivity contribution in [3.63, 3.8) is 0 Å². The number of nitrogens with zero attached hydrogens (tertiary/aromatic N) is 1. The summed E-state index contributed by atoms with van der Waals surface area (Å²) in [5.41, 5.74) is 1.78. The van der Waals surface area contributed by atoms with E-state index in [2.05, 4.69) is 5.32 Å². The van der Waals surface area contributed by atoms with Crippen LogP contribution in [-0.2, 0) is 13.6 Å². The van der Waals surface area contributed by atoms with E-state index in [-0.39, 0.29) is 18.3 Å². The normalized spacial score (nSPS) is 12.4. The van der Waals surface area contributed by atoms with Crippen molar-refractivity contribution >= 4 is 16.8 Å². The number of hydrogen-bond donors (Lipinski definition) is 1. The van der Waals surface area contributed by atoms with Crippen molar-refractivity contribution in [1.29, 1.82) is 0 Å². The molecule has 0 bridgehead atoms. The molecular formula is C19H16N2O4. The van der Waals surface area contributed by atoms with Gasteiger partial charge in [-0.3, -0.25) is 9.59 Å². The highest BCUT2D eigenvalue weighted by Gasteiger charge is 2.15. The summed E-state index contributed by atoms with van der Waals surface area (Å²) in [5.74, 6) is 1.09. The quantitative estimate of drug-likeness (QED) is 0.796. The molecule has 25 heavy (non-hydrogen) atoms. The van der Waals surface area contributed by atoms with Crippen molar-refractivity contribution < 1.29 is 14.3 Å². The number of carbonyl (C=O) groups is 1. The molecule has 0 unspecified atom stereocenters. The van der Waals surface area contributed by atoms with E-state index in [9.17, 15) is 9.59 Å². The lowest BCUT2D eigenvalue weighted by Gasteiger charge is -2.11. The Kier molecular flexibility index (Phi) is 3.65. The van der Waals surface area contributed by atoms with Gasteiger partial charge in [-0.05, 0) is 23.8 Å². The minimum absolute atomic E-state index is 0.213. The molecule has 0 atom stereocenters. The molecule has 2 aromatic carbocycles. The molecule has 1 N–H and O–H groups in total. The number of rotatable bonds is 3. The predicted octanol–water partition coefficient (Wildman–Crippen LogP) is 2.20. The molecule has 126 valence electrons. The second-order valence-corrected chi connectivity index (χ2v) is 5.84. The van der Waals surface area contributed by atoms with E-state index in [4.69, 9.17) is 9.47 Å².